The maximum absolute atomic E-state index is 13.0. The van der Waals surface area contributed by atoms with Crippen molar-refractivity contribution in [3.05, 3.63) is 76.5 Å². The lowest BCUT2D eigenvalue weighted by Gasteiger charge is -2.14. The molecule has 12 heteroatoms. The zero-order valence-electron chi connectivity index (χ0n) is 17.3. The summed E-state index contributed by atoms with van der Waals surface area (Å²) >= 11 is 0. The third-order valence-electron chi connectivity index (χ3n) is 4.21. The fourth-order valence-electron chi connectivity index (χ4n) is 2.69. The predicted molar refractivity (Wildman–Crippen MR) is 105 cm³/mol. The van der Waals surface area contributed by atoms with Gasteiger partial charge in [0.05, 0.1) is 31.6 Å². The Bertz CT molecular complexity index is 1030. The van der Waals surface area contributed by atoms with Gasteiger partial charge in [0, 0.05) is 11.1 Å². The second-order valence-corrected chi connectivity index (χ2v) is 6.46. The quantitative estimate of drug-likeness (QED) is 0.119. The molecule has 2 aromatic rings. The molecule has 0 aliphatic heterocycles. The lowest BCUT2D eigenvalue weighted by atomic mass is 10.0. The third kappa shape index (κ3) is 6.64. The Morgan fingerprint density at radius 1 is 1.00 bits per heavy atom. The van der Waals surface area contributed by atoms with Crippen LogP contribution in [-0.2, 0) is 38.1 Å². The number of ether oxygens (including phenoxy) is 2. The van der Waals surface area contributed by atoms with Gasteiger partial charge in [0.1, 0.15) is 12.2 Å². The lowest BCUT2D eigenvalue weighted by molar-refractivity contribution is -0.143. The Labute approximate surface area is 184 Å². The number of nitrogens with two attached hydrogens (primary N) is 1. The summed E-state index contributed by atoms with van der Waals surface area (Å²) in [6.07, 6.45) is -8.92. The SMILES string of the molecule is CO/C=C(/C(=O)OC)c1ccccc1CO/N=C(\N)c1cc(C(F)(F)F)cc(C(F)(F)F)c1. The molecule has 0 aliphatic rings. The van der Waals surface area contributed by atoms with Gasteiger partial charge in [0.25, 0.3) is 0 Å². The Balaban J connectivity index is 2.34. The zero-order valence-corrected chi connectivity index (χ0v) is 17.3. The van der Waals surface area contributed by atoms with E-state index in [1.165, 1.54) is 14.2 Å². The number of hydrogen-bond donors (Lipinski definition) is 1. The van der Waals surface area contributed by atoms with Crippen LogP contribution in [0.2, 0.25) is 0 Å². The number of methoxy groups -OCH3 is 2. The van der Waals surface area contributed by atoms with Crippen LogP contribution < -0.4 is 5.73 Å². The fourth-order valence-corrected chi connectivity index (χ4v) is 2.69. The van der Waals surface area contributed by atoms with Crippen LogP contribution in [0.4, 0.5) is 26.3 Å². The van der Waals surface area contributed by atoms with Gasteiger partial charge in [-0.15, -0.1) is 0 Å². The molecule has 178 valence electrons. The Morgan fingerprint density at radius 3 is 2.09 bits per heavy atom. The van der Waals surface area contributed by atoms with Crippen LogP contribution in [0.25, 0.3) is 5.57 Å². The van der Waals surface area contributed by atoms with E-state index in [1.807, 2.05) is 0 Å². The van der Waals surface area contributed by atoms with Gasteiger partial charge in [0.2, 0.25) is 0 Å². The van der Waals surface area contributed by atoms with Crippen molar-refractivity contribution < 1.29 is 45.4 Å². The first-order valence-corrected chi connectivity index (χ1v) is 9.03. The van der Waals surface area contributed by atoms with Crippen molar-refractivity contribution in [1.29, 1.82) is 0 Å². The molecule has 0 heterocycles. The standard InChI is InChI=1S/C21H18F6N2O4/c1-31-11-17(19(30)32-2)16-6-4-3-5-12(16)10-33-29-18(28)13-7-14(20(22,23)24)9-15(8-13)21(25,26)27/h3-9,11H,10H2,1-2H3,(H2,28,29)/b17-11+. The van der Waals surface area contributed by atoms with E-state index in [4.69, 9.17) is 20.0 Å². The highest BCUT2D eigenvalue weighted by molar-refractivity contribution is 6.16. The van der Waals surface area contributed by atoms with E-state index in [0.717, 1.165) is 6.26 Å². The van der Waals surface area contributed by atoms with E-state index in [9.17, 15) is 31.1 Å². The van der Waals surface area contributed by atoms with Crippen molar-refractivity contribution in [2.24, 2.45) is 10.9 Å². The van der Waals surface area contributed by atoms with Crippen LogP contribution in [0.1, 0.15) is 27.8 Å². The molecule has 0 aromatic heterocycles. The molecule has 33 heavy (non-hydrogen) atoms. The van der Waals surface area contributed by atoms with Crippen molar-refractivity contribution in [2.45, 2.75) is 19.0 Å². The largest absolute Gasteiger partial charge is 0.503 e. The summed E-state index contributed by atoms with van der Waals surface area (Å²) in [5.41, 5.74) is 2.66. The monoisotopic (exact) mass is 476 g/mol. The first-order chi connectivity index (χ1) is 15.4. The zero-order chi connectivity index (χ0) is 24.8. The average Bonchev–Trinajstić information content (AvgIpc) is 2.76. The summed E-state index contributed by atoms with van der Waals surface area (Å²) in [7, 11) is 2.48. The van der Waals surface area contributed by atoms with Crippen LogP contribution in [0, 0.1) is 0 Å². The van der Waals surface area contributed by atoms with Gasteiger partial charge in [-0.1, -0.05) is 29.4 Å². The van der Waals surface area contributed by atoms with Crippen LogP contribution in [0.3, 0.4) is 0 Å². The summed E-state index contributed by atoms with van der Waals surface area (Å²) in [5.74, 6) is -1.42. The molecule has 2 N–H and O–H groups in total. The highest BCUT2D eigenvalue weighted by Gasteiger charge is 2.37. The summed E-state index contributed by atoms with van der Waals surface area (Å²) in [6, 6.07) is 7.17. The molecule has 2 rings (SSSR count). The summed E-state index contributed by atoms with van der Waals surface area (Å²) in [6.45, 7) is -0.319. The van der Waals surface area contributed by atoms with Gasteiger partial charge in [-0.3, -0.25) is 0 Å². The molecule has 0 atom stereocenters. The van der Waals surface area contributed by atoms with Gasteiger partial charge in [-0.05, 0) is 23.8 Å². The number of carbonyl (C=O) groups excluding carboxylic acids is 1. The second-order valence-electron chi connectivity index (χ2n) is 6.46. The summed E-state index contributed by atoms with van der Waals surface area (Å²) in [5, 5.41) is 3.44. The number of rotatable bonds is 7. The number of nitrogens with zero attached hydrogens (tertiary/aromatic N) is 1. The molecule has 0 saturated heterocycles. The van der Waals surface area contributed by atoms with E-state index in [2.05, 4.69) is 5.16 Å². The number of halogens is 6. The Kier molecular flexibility index (Phi) is 7.96. The van der Waals surface area contributed by atoms with Crippen molar-refractivity contribution >= 4 is 17.4 Å². The molecule has 0 unspecified atom stereocenters. The molecule has 0 saturated carbocycles. The molecule has 0 fully saturated rings. The van der Waals surface area contributed by atoms with E-state index < -0.39 is 40.8 Å². The normalized spacial score (nSPS) is 13.0. The van der Waals surface area contributed by atoms with Gasteiger partial charge < -0.3 is 20.0 Å². The van der Waals surface area contributed by atoms with E-state index in [0.29, 0.717) is 23.3 Å². The van der Waals surface area contributed by atoms with Crippen LogP contribution >= 0.6 is 0 Å². The lowest BCUT2D eigenvalue weighted by Crippen LogP contribution is -2.18. The van der Waals surface area contributed by atoms with Crippen molar-refractivity contribution in [2.75, 3.05) is 14.2 Å². The topological polar surface area (TPSA) is 83.1 Å². The van der Waals surface area contributed by atoms with Crippen molar-refractivity contribution in [3.63, 3.8) is 0 Å². The van der Waals surface area contributed by atoms with Crippen molar-refractivity contribution in [3.8, 4) is 0 Å². The fraction of sp³-hybridized carbons (Fsp3) is 0.238. The van der Waals surface area contributed by atoms with Crippen LogP contribution in [-0.4, -0.2) is 26.0 Å². The molecular weight excluding hydrogens is 458 g/mol. The number of oxime groups is 1. The number of alkyl halides is 6. The van der Waals surface area contributed by atoms with Crippen molar-refractivity contribution in [1.82, 2.24) is 0 Å². The maximum atomic E-state index is 13.0. The highest BCUT2D eigenvalue weighted by atomic mass is 19.4. The highest BCUT2D eigenvalue weighted by Crippen LogP contribution is 2.36. The van der Waals surface area contributed by atoms with Gasteiger partial charge in [-0.2, -0.15) is 26.3 Å². The summed E-state index contributed by atoms with van der Waals surface area (Å²) < 4.78 is 87.7. The van der Waals surface area contributed by atoms with Crippen LogP contribution in [0.15, 0.2) is 53.9 Å². The van der Waals surface area contributed by atoms with E-state index in [1.54, 1.807) is 24.3 Å². The second kappa shape index (κ2) is 10.3. The van der Waals surface area contributed by atoms with Gasteiger partial charge in [-0.25, -0.2) is 4.79 Å². The average molecular weight is 476 g/mol. The molecular formula is C21H18F6N2O4. The number of carbonyl (C=O) groups is 1. The molecule has 0 spiro atoms. The summed E-state index contributed by atoms with van der Waals surface area (Å²) in [4.78, 5) is 17.1. The smallest absolute Gasteiger partial charge is 0.416 e. The maximum Gasteiger partial charge on any atom is 0.416 e. The minimum absolute atomic E-state index is 0.0235. The number of benzene rings is 2. The predicted octanol–water partition coefficient (Wildman–Crippen LogP) is 4.72. The molecule has 0 amide bonds. The molecule has 0 radical (unpaired) electrons. The molecule has 2 aromatic carbocycles. The molecule has 6 nitrogen and oxygen atoms in total. The molecule has 0 aliphatic carbocycles. The van der Waals surface area contributed by atoms with E-state index in [-0.39, 0.29) is 18.2 Å². The minimum Gasteiger partial charge on any atom is -0.503 e. The number of esters is 1. The Morgan fingerprint density at radius 2 is 1.58 bits per heavy atom. The van der Waals surface area contributed by atoms with E-state index >= 15 is 0 Å². The van der Waals surface area contributed by atoms with Crippen LogP contribution in [0.5, 0.6) is 0 Å². The first-order valence-electron chi connectivity index (χ1n) is 9.03. The molecule has 0 bridgehead atoms. The third-order valence-corrected chi connectivity index (χ3v) is 4.21. The Hall–Kier alpha value is -3.70. The van der Waals surface area contributed by atoms with Gasteiger partial charge in [0.15, 0.2) is 5.84 Å². The van der Waals surface area contributed by atoms with Gasteiger partial charge >= 0.3 is 18.3 Å². The minimum atomic E-state index is -5.03. The number of hydrogen-bond acceptors (Lipinski definition) is 5. The first kappa shape index (κ1) is 25.6. The number of amidine groups is 1.